The fraction of sp³-hybridized carbons (Fsp3) is 0.423. The van der Waals surface area contributed by atoms with E-state index < -0.39 is 29.8 Å². The summed E-state index contributed by atoms with van der Waals surface area (Å²) in [4.78, 5) is 38.8. The maximum Gasteiger partial charge on any atom is 0.407 e. The van der Waals surface area contributed by atoms with Crippen molar-refractivity contribution >= 4 is 18.0 Å². The average Bonchev–Trinajstić information content (AvgIpc) is 3.44. The van der Waals surface area contributed by atoms with Crippen LogP contribution in [0.25, 0.3) is 11.1 Å². The largest absolute Gasteiger partial charge is 0.479 e. The van der Waals surface area contributed by atoms with Crippen LogP contribution in [-0.2, 0) is 23.8 Å². The third-order valence-electron chi connectivity index (χ3n) is 7.02. The Bertz CT molecular complexity index is 1110. The third kappa shape index (κ3) is 4.37. The lowest BCUT2D eigenvalue weighted by Gasteiger charge is -2.38. The fourth-order valence-electron chi connectivity index (χ4n) is 5.14. The number of rotatable bonds is 5. The molecule has 2 fully saturated rings. The zero-order valence-electron chi connectivity index (χ0n) is 19.4. The van der Waals surface area contributed by atoms with E-state index in [0.717, 1.165) is 22.3 Å². The van der Waals surface area contributed by atoms with Crippen LogP contribution in [0.15, 0.2) is 48.5 Å². The van der Waals surface area contributed by atoms with E-state index in [2.05, 4.69) is 17.4 Å². The summed E-state index contributed by atoms with van der Waals surface area (Å²) in [6.45, 7) is 2.22. The van der Waals surface area contributed by atoms with E-state index in [9.17, 15) is 19.5 Å². The summed E-state index contributed by atoms with van der Waals surface area (Å²) in [5.41, 5.74) is 3.05. The van der Waals surface area contributed by atoms with E-state index >= 15 is 0 Å². The maximum atomic E-state index is 13.1. The number of aliphatic carboxylic acids is 1. The van der Waals surface area contributed by atoms with Crippen molar-refractivity contribution in [1.82, 2.24) is 10.2 Å². The summed E-state index contributed by atoms with van der Waals surface area (Å²) >= 11 is 0. The highest BCUT2D eigenvalue weighted by atomic mass is 16.6. The molecule has 3 aliphatic rings. The molecule has 0 aromatic heterocycles. The van der Waals surface area contributed by atoms with Gasteiger partial charge in [0.2, 0.25) is 0 Å². The molecule has 2 amide bonds. The molecule has 2 saturated heterocycles. The van der Waals surface area contributed by atoms with Crippen molar-refractivity contribution in [3.63, 3.8) is 0 Å². The number of fused-ring (bicyclic) bond motifs is 3. The lowest BCUT2D eigenvalue weighted by molar-refractivity contribution is -0.179. The number of hydrogen-bond donors (Lipinski definition) is 2. The molecule has 9 nitrogen and oxygen atoms in total. The molecule has 1 aliphatic carbocycles. The Balaban J connectivity index is 1.21. The highest BCUT2D eigenvalue weighted by Crippen LogP contribution is 2.44. The van der Waals surface area contributed by atoms with Gasteiger partial charge in [-0.25, -0.2) is 9.59 Å². The zero-order valence-corrected chi connectivity index (χ0v) is 19.4. The molecule has 3 unspecified atom stereocenters. The topological polar surface area (TPSA) is 114 Å². The molecular weight excluding hydrogens is 452 g/mol. The van der Waals surface area contributed by atoms with Gasteiger partial charge < -0.3 is 29.5 Å². The molecule has 9 heteroatoms. The van der Waals surface area contributed by atoms with Crippen LogP contribution < -0.4 is 5.32 Å². The van der Waals surface area contributed by atoms with Gasteiger partial charge >= 0.3 is 12.1 Å². The van der Waals surface area contributed by atoms with Crippen molar-refractivity contribution in [2.45, 2.75) is 37.0 Å². The monoisotopic (exact) mass is 480 g/mol. The smallest absolute Gasteiger partial charge is 0.407 e. The molecule has 2 aromatic carbocycles. The van der Waals surface area contributed by atoms with Crippen LogP contribution in [0.3, 0.4) is 0 Å². The fourth-order valence-corrected chi connectivity index (χ4v) is 5.14. The van der Waals surface area contributed by atoms with Gasteiger partial charge in [0.25, 0.3) is 5.91 Å². The molecule has 0 bridgehead atoms. The van der Waals surface area contributed by atoms with Gasteiger partial charge in [0.1, 0.15) is 6.61 Å². The number of carbonyl (C=O) groups excluding carboxylic acids is 2. The summed E-state index contributed by atoms with van der Waals surface area (Å²) in [6.07, 6.45) is -1.05. The van der Waals surface area contributed by atoms with Crippen molar-refractivity contribution in [2.24, 2.45) is 0 Å². The maximum absolute atomic E-state index is 13.1. The Labute approximate surface area is 203 Å². The van der Waals surface area contributed by atoms with Gasteiger partial charge in [0.05, 0.1) is 19.2 Å². The van der Waals surface area contributed by atoms with E-state index in [1.807, 2.05) is 36.4 Å². The predicted molar refractivity (Wildman–Crippen MR) is 125 cm³/mol. The van der Waals surface area contributed by atoms with Crippen LogP contribution in [0, 0.1) is 0 Å². The van der Waals surface area contributed by atoms with E-state index in [1.165, 1.54) is 11.8 Å². The molecule has 3 atom stereocenters. The highest BCUT2D eigenvalue weighted by molar-refractivity contribution is 5.85. The van der Waals surface area contributed by atoms with Gasteiger partial charge in [-0.05, 0) is 35.6 Å². The third-order valence-corrected chi connectivity index (χ3v) is 7.02. The molecule has 2 N–H and O–H groups in total. The summed E-state index contributed by atoms with van der Waals surface area (Å²) < 4.78 is 16.6. The van der Waals surface area contributed by atoms with Gasteiger partial charge in [-0.2, -0.15) is 0 Å². The van der Waals surface area contributed by atoms with Crippen molar-refractivity contribution in [3.8, 4) is 11.1 Å². The van der Waals surface area contributed by atoms with Crippen molar-refractivity contribution in [1.29, 1.82) is 0 Å². The van der Waals surface area contributed by atoms with Gasteiger partial charge in [-0.3, -0.25) is 4.79 Å². The van der Waals surface area contributed by atoms with Gasteiger partial charge in [-0.1, -0.05) is 48.5 Å². The lowest BCUT2D eigenvalue weighted by Crippen LogP contribution is -2.59. The summed E-state index contributed by atoms with van der Waals surface area (Å²) in [7, 11) is 0. The number of nitrogens with zero attached hydrogens (tertiary/aromatic N) is 1. The average molecular weight is 481 g/mol. The minimum Gasteiger partial charge on any atom is -0.479 e. The number of morpholine rings is 1. The predicted octanol–water partition coefficient (Wildman–Crippen LogP) is 2.38. The summed E-state index contributed by atoms with van der Waals surface area (Å²) in [5.74, 6) is -1.55. The number of alkyl carbamates (subject to hydrolysis) is 1. The molecule has 0 spiro atoms. The van der Waals surface area contributed by atoms with Crippen LogP contribution in [0.5, 0.6) is 0 Å². The Morgan fingerprint density at radius 3 is 2.40 bits per heavy atom. The molecule has 0 radical (unpaired) electrons. The summed E-state index contributed by atoms with van der Waals surface area (Å²) in [5, 5.41) is 12.2. The van der Waals surface area contributed by atoms with E-state index in [0.29, 0.717) is 13.0 Å². The summed E-state index contributed by atoms with van der Waals surface area (Å²) in [6, 6.07) is 15.6. The number of benzene rings is 2. The number of carbonyl (C=O) groups is 3. The number of carboxylic acids is 1. The van der Waals surface area contributed by atoms with E-state index in [1.54, 1.807) is 0 Å². The minimum absolute atomic E-state index is 0.0625. The first-order valence-corrected chi connectivity index (χ1v) is 11.8. The van der Waals surface area contributed by atoms with Crippen LogP contribution in [0.1, 0.15) is 30.4 Å². The Hall–Kier alpha value is -3.43. The van der Waals surface area contributed by atoms with Crippen molar-refractivity contribution in [2.75, 3.05) is 32.9 Å². The quantitative estimate of drug-likeness (QED) is 0.675. The van der Waals surface area contributed by atoms with Gasteiger partial charge in [0, 0.05) is 19.1 Å². The standard InChI is InChI=1S/C26H28N2O7/c1-26(24(30)31)15-28(11-13-35-26)23(29)22-21(10-12-33-22)27-25(32)34-14-20-18-8-4-2-6-16(18)17-7-3-5-9-19(17)20/h2-9,20-22H,10-15H2,1H3,(H,27,32)(H,30,31). The zero-order chi connectivity index (χ0) is 24.6. The molecule has 2 aliphatic heterocycles. The van der Waals surface area contributed by atoms with Crippen molar-refractivity contribution < 1.29 is 33.7 Å². The molecule has 5 rings (SSSR count). The molecular formula is C26H28N2O7. The highest BCUT2D eigenvalue weighted by Gasteiger charge is 2.45. The van der Waals surface area contributed by atoms with Crippen LogP contribution in [-0.4, -0.2) is 78.6 Å². The van der Waals surface area contributed by atoms with E-state index in [-0.39, 0.29) is 38.1 Å². The van der Waals surface area contributed by atoms with Crippen LogP contribution in [0.4, 0.5) is 4.79 Å². The molecule has 35 heavy (non-hydrogen) atoms. The molecule has 2 aromatic rings. The van der Waals surface area contributed by atoms with Gasteiger partial charge in [-0.15, -0.1) is 0 Å². The lowest BCUT2D eigenvalue weighted by atomic mass is 9.98. The van der Waals surface area contributed by atoms with Crippen LogP contribution >= 0.6 is 0 Å². The Morgan fingerprint density at radius 2 is 1.74 bits per heavy atom. The first-order valence-electron chi connectivity index (χ1n) is 11.8. The van der Waals surface area contributed by atoms with E-state index in [4.69, 9.17) is 14.2 Å². The van der Waals surface area contributed by atoms with Crippen LogP contribution in [0.2, 0.25) is 0 Å². The molecule has 2 heterocycles. The normalized spacial score (nSPS) is 25.6. The minimum atomic E-state index is -1.47. The second kappa shape index (κ2) is 9.31. The number of nitrogens with one attached hydrogen (secondary N) is 1. The number of amides is 2. The number of ether oxygens (including phenoxy) is 3. The first kappa shape index (κ1) is 23.3. The first-order chi connectivity index (χ1) is 16.9. The van der Waals surface area contributed by atoms with Crippen molar-refractivity contribution in [3.05, 3.63) is 59.7 Å². The second-order valence-electron chi connectivity index (χ2n) is 9.30. The Kier molecular flexibility index (Phi) is 6.21. The number of carboxylic acid groups (broad SMARTS) is 1. The molecule has 184 valence electrons. The number of hydrogen-bond acceptors (Lipinski definition) is 6. The van der Waals surface area contributed by atoms with Gasteiger partial charge in [0.15, 0.2) is 11.7 Å². The second-order valence-corrected chi connectivity index (χ2v) is 9.30. The molecule has 0 saturated carbocycles. The Morgan fingerprint density at radius 1 is 1.09 bits per heavy atom. The SMILES string of the molecule is CC1(C(=O)O)CN(C(=O)C2OCCC2NC(=O)OCC2c3ccccc3-c3ccccc32)CCO1.